The van der Waals surface area contributed by atoms with Crippen LogP contribution in [-0.4, -0.2) is 61.4 Å². The molecule has 0 saturated carbocycles. The van der Waals surface area contributed by atoms with Crippen molar-refractivity contribution in [2.45, 2.75) is 18.9 Å². The van der Waals surface area contributed by atoms with Crippen LogP contribution >= 0.6 is 0 Å². The van der Waals surface area contributed by atoms with Crippen molar-refractivity contribution in [3.8, 4) is 45.5 Å². The molecule has 5 aromatic heterocycles. The highest BCUT2D eigenvalue weighted by Crippen LogP contribution is 2.32. The lowest BCUT2D eigenvalue weighted by Gasteiger charge is -2.23. The van der Waals surface area contributed by atoms with E-state index in [0.717, 1.165) is 54.0 Å². The van der Waals surface area contributed by atoms with Gasteiger partial charge in [-0.2, -0.15) is 5.10 Å². The van der Waals surface area contributed by atoms with Crippen molar-refractivity contribution < 1.29 is 13.9 Å². The van der Waals surface area contributed by atoms with Gasteiger partial charge in [0.1, 0.15) is 34.5 Å². The van der Waals surface area contributed by atoms with Gasteiger partial charge >= 0.3 is 0 Å². The molecule has 6 heterocycles. The molecule has 200 valence electrons. The van der Waals surface area contributed by atoms with Crippen molar-refractivity contribution >= 4 is 22.1 Å². The van der Waals surface area contributed by atoms with Gasteiger partial charge in [-0.05, 0) is 62.3 Å². The van der Waals surface area contributed by atoms with Crippen molar-refractivity contribution in [3.05, 3.63) is 66.9 Å². The number of methoxy groups -OCH3 is 1. The number of rotatable bonds is 6. The van der Waals surface area contributed by atoms with E-state index in [1.165, 1.54) is 19.2 Å². The van der Waals surface area contributed by atoms with Gasteiger partial charge in [-0.3, -0.25) is 15.1 Å². The Morgan fingerprint density at radius 2 is 1.73 bits per heavy atom. The fourth-order valence-electron chi connectivity index (χ4n) is 5.03. The number of imidazole rings is 1. The number of hydrogen-bond donors (Lipinski definition) is 3. The summed E-state index contributed by atoms with van der Waals surface area (Å²) in [5, 5.41) is 10.9. The largest absolute Gasteiger partial charge is 0.497 e. The molecule has 0 bridgehead atoms. The molecule has 0 spiro atoms. The van der Waals surface area contributed by atoms with Crippen LogP contribution in [0.25, 0.3) is 56.1 Å². The van der Waals surface area contributed by atoms with Gasteiger partial charge in [-0.15, -0.1) is 0 Å². The summed E-state index contributed by atoms with van der Waals surface area (Å²) in [5.41, 5.74) is 5.98. The van der Waals surface area contributed by atoms with E-state index >= 15 is 0 Å². The van der Waals surface area contributed by atoms with Gasteiger partial charge in [-0.1, -0.05) is 0 Å². The second kappa shape index (κ2) is 10.0. The van der Waals surface area contributed by atoms with Crippen molar-refractivity contribution in [2.75, 3.05) is 20.2 Å². The van der Waals surface area contributed by atoms with Crippen molar-refractivity contribution in [3.63, 3.8) is 0 Å². The van der Waals surface area contributed by atoms with Crippen LogP contribution in [0.3, 0.4) is 0 Å². The highest BCUT2D eigenvalue weighted by atomic mass is 19.1. The van der Waals surface area contributed by atoms with Crippen molar-refractivity contribution in [1.29, 1.82) is 0 Å². The second-order valence-corrected chi connectivity index (χ2v) is 9.66. The average Bonchev–Trinajstić information content (AvgIpc) is 3.61. The van der Waals surface area contributed by atoms with E-state index in [4.69, 9.17) is 19.4 Å². The number of nitrogens with zero attached hydrogens (tertiary/aromatic N) is 5. The molecule has 6 aromatic rings. The Morgan fingerprint density at radius 3 is 2.60 bits per heavy atom. The summed E-state index contributed by atoms with van der Waals surface area (Å²) in [5.74, 6) is 1.23. The number of ether oxygens (including phenoxy) is 2. The molecular weight excluding hydrogens is 511 g/mol. The number of nitrogens with one attached hydrogen (secondary N) is 3. The Kier molecular flexibility index (Phi) is 6.05. The van der Waals surface area contributed by atoms with Crippen LogP contribution in [0.5, 0.6) is 11.5 Å². The molecule has 3 N–H and O–H groups in total. The molecule has 0 unspecified atom stereocenters. The third kappa shape index (κ3) is 4.50. The SMILES string of the molecule is COc1cc(F)cc(-c2nccc3[nH]c(-c4n[nH]c5ccc(-c6cncc(OC7CCNCC7)c6)nc45)nc23)c1. The minimum Gasteiger partial charge on any atom is -0.497 e. The number of benzene rings is 1. The highest BCUT2D eigenvalue weighted by Gasteiger charge is 2.19. The molecule has 40 heavy (non-hydrogen) atoms. The fourth-order valence-corrected chi connectivity index (χ4v) is 5.03. The summed E-state index contributed by atoms with van der Waals surface area (Å²) in [6.45, 7) is 1.91. The Morgan fingerprint density at radius 1 is 0.875 bits per heavy atom. The Hall–Kier alpha value is -4.90. The summed E-state index contributed by atoms with van der Waals surface area (Å²) in [6, 6.07) is 12.1. The molecule has 11 heteroatoms. The zero-order valence-corrected chi connectivity index (χ0v) is 21.6. The Labute approximate surface area is 228 Å². The van der Waals surface area contributed by atoms with E-state index in [0.29, 0.717) is 39.6 Å². The van der Waals surface area contributed by atoms with E-state index in [-0.39, 0.29) is 6.10 Å². The van der Waals surface area contributed by atoms with E-state index in [9.17, 15) is 4.39 Å². The lowest BCUT2D eigenvalue weighted by molar-refractivity contribution is 0.162. The van der Waals surface area contributed by atoms with Crippen molar-refractivity contribution in [1.82, 2.24) is 40.4 Å². The molecule has 1 aliphatic rings. The molecule has 10 nitrogen and oxygen atoms in total. The molecule has 0 radical (unpaired) electrons. The van der Waals surface area contributed by atoms with E-state index in [1.54, 1.807) is 24.7 Å². The van der Waals surface area contributed by atoms with Crippen LogP contribution < -0.4 is 14.8 Å². The van der Waals surface area contributed by atoms with Gasteiger partial charge < -0.3 is 19.8 Å². The minimum absolute atomic E-state index is 0.176. The van der Waals surface area contributed by atoms with Gasteiger partial charge in [0.25, 0.3) is 0 Å². The maximum absolute atomic E-state index is 14.3. The van der Waals surface area contributed by atoms with Crippen LogP contribution in [0.1, 0.15) is 12.8 Å². The molecular formula is C29H25FN8O2. The quantitative estimate of drug-likeness (QED) is 0.274. The second-order valence-electron chi connectivity index (χ2n) is 9.66. The van der Waals surface area contributed by atoms with Crippen LogP contribution in [-0.2, 0) is 0 Å². The van der Waals surface area contributed by atoms with E-state index in [2.05, 4.69) is 30.5 Å². The predicted molar refractivity (Wildman–Crippen MR) is 148 cm³/mol. The number of halogens is 1. The zero-order valence-electron chi connectivity index (χ0n) is 21.6. The Bertz CT molecular complexity index is 1840. The molecule has 1 saturated heterocycles. The zero-order chi connectivity index (χ0) is 27.1. The van der Waals surface area contributed by atoms with Crippen LogP contribution in [0.4, 0.5) is 4.39 Å². The molecule has 1 fully saturated rings. The number of aromatic amines is 2. The molecule has 0 amide bonds. The number of hydrogen-bond acceptors (Lipinski definition) is 8. The Balaban J connectivity index is 1.26. The monoisotopic (exact) mass is 536 g/mol. The van der Waals surface area contributed by atoms with Gasteiger partial charge in [0.15, 0.2) is 11.5 Å². The highest BCUT2D eigenvalue weighted by molar-refractivity contribution is 5.95. The number of pyridine rings is 3. The smallest absolute Gasteiger partial charge is 0.161 e. The van der Waals surface area contributed by atoms with Crippen LogP contribution in [0.2, 0.25) is 0 Å². The number of fused-ring (bicyclic) bond motifs is 2. The van der Waals surface area contributed by atoms with E-state index < -0.39 is 5.82 Å². The summed E-state index contributed by atoms with van der Waals surface area (Å²) in [4.78, 5) is 21.9. The van der Waals surface area contributed by atoms with Crippen molar-refractivity contribution in [2.24, 2.45) is 0 Å². The number of H-pyrrole nitrogens is 2. The first-order valence-corrected chi connectivity index (χ1v) is 13.0. The number of piperidine rings is 1. The molecule has 0 atom stereocenters. The van der Waals surface area contributed by atoms with E-state index in [1.807, 2.05) is 24.3 Å². The fraction of sp³-hybridized carbons (Fsp3) is 0.207. The maximum atomic E-state index is 14.3. The normalized spacial score (nSPS) is 14.2. The number of aromatic nitrogens is 7. The molecule has 0 aliphatic carbocycles. The van der Waals surface area contributed by atoms with Gasteiger partial charge in [0, 0.05) is 29.6 Å². The van der Waals surface area contributed by atoms with Gasteiger partial charge in [0.2, 0.25) is 0 Å². The predicted octanol–water partition coefficient (Wildman–Crippen LogP) is 4.90. The third-order valence-corrected chi connectivity index (χ3v) is 7.01. The standard InChI is InChI=1S/C29H25FN8O2/c1-39-20-11-16(10-18(30)13-20)25-26-23(6-9-33-25)35-29(36-26)28-27-24(37-38-28)3-2-22(34-27)17-12-21(15-32-14-17)40-19-4-7-31-8-5-19/h2-3,6,9-15,19,31H,4-5,7-8H2,1H3,(H,35,36)(H,37,38). The topological polar surface area (TPSA) is 127 Å². The minimum atomic E-state index is -0.418. The summed E-state index contributed by atoms with van der Waals surface area (Å²) < 4.78 is 25.7. The maximum Gasteiger partial charge on any atom is 0.161 e. The first-order valence-electron chi connectivity index (χ1n) is 13.0. The van der Waals surface area contributed by atoms with Gasteiger partial charge in [0.05, 0.1) is 35.7 Å². The van der Waals surface area contributed by atoms with Crippen LogP contribution in [0.15, 0.2) is 61.1 Å². The molecule has 1 aliphatic heterocycles. The first-order chi connectivity index (χ1) is 19.6. The summed E-state index contributed by atoms with van der Waals surface area (Å²) in [7, 11) is 1.50. The molecule has 7 rings (SSSR count). The summed E-state index contributed by atoms with van der Waals surface area (Å²) >= 11 is 0. The van der Waals surface area contributed by atoms with Gasteiger partial charge in [-0.25, -0.2) is 14.4 Å². The first kappa shape index (κ1) is 24.2. The molecule has 1 aromatic carbocycles. The van der Waals surface area contributed by atoms with Crippen LogP contribution in [0, 0.1) is 5.82 Å². The average molecular weight is 537 g/mol. The lowest BCUT2D eigenvalue weighted by atomic mass is 10.1. The lowest BCUT2D eigenvalue weighted by Crippen LogP contribution is -2.34. The summed E-state index contributed by atoms with van der Waals surface area (Å²) in [6.07, 6.45) is 7.27. The third-order valence-electron chi connectivity index (χ3n) is 7.01.